The molecule has 1 saturated carbocycles. The lowest BCUT2D eigenvalue weighted by molar-refractivity contribution is 0.0146. The monoisotopic (exact) mass is 305 g/mol. The Morgan fingerprint density at radius 3 is 2.64 bits per heavy atom. The van der Waals surface area contributed by atoms with Gasteiger partial charge in [-0.1, -0.05) is 13.0 Å². The molecule has 1 saturated heterocycles. The van der Waals surface area contributed by atoms with Crippen molar-refractivity contribution in [1.29, 1.82) is 0 Å². The van der Waals surface area contributed by atoms with E-state index >= 15 is 0 Å². The quantitative estimate of drug-likeness (QED) is 0.931. The van der Waals surface area contributed by atoms with Crippen LogP contribution in [0.1, 0.15) is 31.7 Å². The van der Waals surface area contributed by atoms with Gasteiger partial charge in [0.15, 0.2) is 11.5 Å². The summed E-state index contributed by atoms with van der Waals surface area (Å²) in [6.45, 7) is 3.25. The lowest BCUT2D eigenvalue weighted by atomic mass is 9.62. The van der Waals surface area contributed by atoms with E-state index in [1.807, 2.05) is 6.07 Å². The molecule has 1 N–H and O–H groups in total. The number of fused-ring (bicyclic) bond motifs is 1. The van der Waals surface area contributed by atoms with Gasteiger partial charge < -0.3 is 19.5 Å². The highest BCUT2D eigenvalue weighted by molar-refractivity contribution is 5.46. The van der Waals surface area contributed by atoms with Crippen molar-refractivity contribution in [2.45, 2.75) is 43.7 Å². The molecule has 1 aromatic carbocycles. The number of aliphatic hydroxyl groups excluding tert-OH is 1. The first-order valence-corrected chi connectivity index (χ1v) is 8.12. The van der Waals surface area contributed by atoms with Gasteiger partial charge in [-0.15, -0.1) is 0 Å². The predicted molar refractivity (Wildman–Crippen MR) is 86.7 cm³/mol. The van der Waals surface area contributed by atoms with Gasteiger partial charge in [0, 0.05) is 11.5 Å². The van der Waals surface area contributed by atoms with Crippen molar-refractivity contribution in [1.82, 2.24) is 4.90 Å². The molecule has 2 fully saturated rings. The number of hydrogen-bond acceptors (Lipinski definition) is 4. The molecule has 3 rings (SSSR count). The van der Waals surface area contributed by atoms with Crippen LogP contribution >= 0.6 is 0 Å². The molecule has 0 aromatic heterocycles. The van der Waals surface area contributed by atoms with Gasteiger partial charge in [-0.3, -0.25) is 0 Å². The second kappa shape index (κ2) is 5.74. The normalized spacial score (nSPS) is 35.2. The fraction of sp³-hybridized carbons (Fsp3) is 0.667. The number of likely N-dealkylation sites (N-methyl/N-ethyl adjacent to an activating group) is 1. The van der Waals surface area contributed by atoms with Gasteiger partial charge in [0.1, 0.15) is 0 Å². The van der Waals surface area contributed by atoms with Crippen LogP contribution in [0.25, 0.3) is 0 Å². The fourth-order valence-electron chi connectivity index (χ4n) is 4.54. The number of ether oxygens (including phenoxy) is 2. The highest BCUT2D eigenvalue weighted by Gasteiger charge is 2.52. The molecule has 1 aliphatic carbocycles. The average Bonchev–Trinajstić information content (AvgIpc) is 2.85. The Bertz CT molecular complexity index is 547. The second-order valence-corrected chi connectivity index (χ2v) is 6.96. The minimum Gasteiger partial charge on any atom is -0.493 e. The molecule has 0 amide bonds. The van der Waals surface area contributed by atoms with Crippen molar-refractivity contribution in [2.24, 2.45) is 5.92 Å². The van der Waals surface area contributed by atoms with Crippen LogP contribution in [-0.2, 0) is 5.41 Å². The largest absolute Gasteiger partial charge is 0.493 e. The molecule has 4 atom stereocenters. The van der Waals surface area contributed by atoms with E-state index in [0.717, 1.165) is 37.3 Å². The van der Waals surface area contributed by atoms with Gasteiger partial charge in [-0.25, -0.2) is 0 Å². The van der Waals surface area contributed by atoms with Crippen LogP contribution in [0.15, 0.2) is 18.2 Å². The van der Waals surface area contributed by atoms with E-state index in [4.69, 9.17) is 9.47 Å². The molecular formula is C18H27NO3. The molecule has 4 nitrogen and oxygen atoms in total. The zero-order valence-corrected chi connectivity index (χ0v) is 14.0. The summed E-state index contributed by atoms with van der Waals surface area (Å²) in [5, 5.41) is 10.3. The molecule has 1 aliphatic heterocycles. The van der Waals surface area contributed by atoms with Crippen molar-refractivity contribution in [3.05, 3.63) is 23.8 Å². The summed E-state index contributed by atoms with van der Waals surface area (Å²) in [5.41, 5.74) is 1.44. The number of methoxy groups -OCH3 is 2. The van der Waals surface area contributed by atoms with Crippen molar-refractivity contribution in [2.75, 3.05) is 27.8 Å². The van der Waals surface area contributed by atoms with Crippen LogP contribution in [0, 0.1) is 5.92 Å². The van der Waals surface area contributed by atoms with E-state index in [1.54, 1.807) is 14.2 Å². The number of hydrogen-bond donors (Lipinski definition) is 1. The van der Waals surface area contributed by atoms with Crippen molar-refractivity contribution >= 4 is 0 Å². The number of nitrogens with zero attached hydrogens (tertiary/aromatic N) is 1. The van der Waals surface area contributed by atoms with Crippen LogP contribution in [0.2, 0.25) is 0 Å². The van der Waals surface area contributed by atoms with Gasteiger partial charge in [-0.2, -0.15) is 0 Å². The lowest BCUT2D eigenvalue weighted by Gasteiger charge is -2.46. The molecule has 122 valence electrons. The Morgan fingerprint density at radius 1 is 1.23 bits per heavy atom. The Morgan fingerprint density at radius 2 is 1.95 bits per heavy atom. The molecule has 4 heteroatoms. The third kappa shape index (κ3) is 2.29. The third-order valence-corrected chi connectivity index (χ3v) is 5.85. The molecule has 1 aromatic rings. The topological polar surface area (TPSA) is 41.9 Å². The first-order chi connectivity index (χ1) is 10.5. The highest BCUT2D eigenvalue weighted by Crippen LogP contribution is 2.51. The van der Waals surface area contributed by atoms with Crippen molar-refractivity contribution < 1.29 is 14.6 Å². The molecule has 0 spiro atoms. The molecule has 0 radical (unpaired) electrons. The number of rotatable bonds is 3. The summed E-state index contributed by atoms with van der Waals surface area (Å²) in [7, 11) is 5.53. The maximum atomic E-state index is 10.3. The summed E-state index contributed by atoms with van der Waals surface area (Å²) in [5.74, 6) is 1.90. The van der Waals surface area contributed by atoms with Crippen LogP contribution in [0.5, 0.6) is 11.5 Å². The van der Waals surface area contributed by atoms with Gasteiger partial charge in [-0.05, 0) is 56.5 Å². The zero-order chi connectivity index (χ0) is 15.9. The van der Waals surface area contributed by atoms with E-state index in [1.165, 1.54) is 5.56 Å². The van der Waals surface area contributed by atoms with E-state index < -0.39 is 0 Å². The number of likely N-dealkylation sites (tertiary alicyclic amines) is 1. The van der Waals surface area contributed by atoms with Crippen LogP contribution in [0.3, 0.4) is 0 Å². The van der Waals surface area contributed by atoms with Crippen LogP contribution < -0.4 is 9.47 Å². The van der Waals surface area contributed by atoms with Gasteiger partial charge in [0.2, 0.25) is 0 Å². The maximum Gasteiger partial charge on any atom is 0.161 e. The van der Waals surface area contributed by atoms with Crippen molar-refractivity contribution in [3.63, 3.8) is 0 Å². The number of benzene rings is 1. The minimum absolute atomic E-state index is 0.118. The van der Waals surface area contributed by atoms with Gasteiger partial charge in [0.05, 0.1) is 20.3 Å². The van der Waals surface area contributed by atoms with Crippen LogP contribution in [0.4, 0.5) is 0 Å². The third-order valence-electron chi connectivity index (χ3n) is 5.85. The molecule has 0 bridgehead atoms. The van der Waals surface area contributed by atoms with E-state index in [9.17, 15) is 5.11 Å². The summed E-state index contributed by atoms with van der Waals surface area (Å²) in [6, 6.07) is 6.72. The Labute approximate surface area is 133 Å². The summed E-state index contributed by atoms with van der Waals surface area (Å²) in [4.78, 5) is 2.41. The summed E-state index contributed by atoms with van der Waals surface area (Å²) < 4.78 is 10.9. The minimum atomic E-state index is -0.196. The Kier molecular flexibility index (Phi) is 4.08. The fourth-order valence-corrected chi connectivity index (χ4v) is 4.54. The standard InChI is InChI=1S/C18H27NO3/c1-12-11-18(7-8-19(2)17(18)10-14(12)20)13-5-6-15(21-3)16(9-13)22-4/h5-6,9,12,14,17,20H,7-8,10-11H2,1-4H3/t12-,14+,17+,18-/m1/s1. The predicted octanol–water partition coefficient (Wildman–Crippen LogP) is 2.44. The number of aliphatic hydroxyl groups is 1. The molecule has 1 heterocycles. The SMILES string of the molecule is COc1ccc([C@]23CCN(C)[C@H]2C[C@H](O)[C@H](C)C3)cc1OC. The first-order valence-electron chi connectivity index (χ1n) is 8.12. The smallest absolute Gasteiger partial charge is 0.161 e. The molecule has 2 aliphatic rings. The van der Waals surface area contributed by atoms with E-state index in [0.29, 0.717) is 12.0 Å². The summed E-state index contributed by atoms with van der Waals surface area (Å²) in [6.07, 6.45) is 2.82. The van der Waals surface area contributed by atoms with Crippen LogP contribution in [-0.4, -0.2) is 50.0 Å². The molecule has 22 heavy (non-hydrogen) atoms. The first kappa shape index (κ1) is 15.6. The highest BCUT2D eigenvalue weighted by atomic mass is 16.5. The molecular weight excluding hydrogens is 278 g/mol. The zero-order valence-electron chi connectivity index (χ0n) is 14.0. The van der Waals surface area contributed by atoms with Gasteiger partial charge in [0.25, 0.3) is 0 Å². The average molecular weight is 305 g/mol. The van der Waals surface area contributed by atoms with E-state index in [2.05, 4.69) is 31.0 Å². The summed E-state index contributed by atoms with van der Waals surface area (Å²) >= 11 is 0. The van der Waals surface area contributed by atoms with E-state index in [-0.39, 0.29) is 11.5 Å². The lowest BCUT2D eigenvalue weighted by Crippen LogP contribution is -2.50. The van der Waals surface area contributed by atoms with Crippen molar-refractivity contribution in [3.8, 4) is 11.5 Å². The second-order valence-electron chi connectivity index (χ2n) is 6.96. The Hall–Kier alpha value is -1.26. The maximum absolute atomic E-state index is 10.3. The molecule has 0 unspecified atom stereocenters. The van der Waals surface area contributed by atoms with Gasteiger partial charge >= 0.3 is 0 Å². The Balaban J connectivity index is 2.04.